The van der Waals surface area contributed by atoms with Gasteiger partial charge in [0.1, 0.15) is 11.1 Å². The highest BCUT2D eigenvalue weighted by molar-refractivity contribution is 9.10. The molecule has 0 fully saturated rings. The molecule has 2 aromatic heterocycles. The number of hydrogen-bond acceptors (Lipinski definition) is 4. The summed E-state index contributed by atoms with van der Waals surface area (Å²) in [5.74, 6) is 0.342. The van der Waals surface area contributed by atoms with E-state index in [1.165, 1.54) is 0 Å². The van der Waals surface area contributed by atoms with Gasteiger partial charge in [-0.1, -0.05) is 62.2 Å². The minimum Gasteiger partial charge on any atom is -0.422 e. The van der Waals surface area contributed by atoms with Crippen LogP contribution in [0, 0.1) is 0 Å². The molecule has 5 rings (SSSR count). The summed E-state index contributed by atoms with van der Waals surface area (Å²) in [6.45, 7) is 0. The quantitative estimate of drug-likeness (QED) is 0.253. The maximum atomic E-state index is 12.7. The molecule has 0 amide bonds. The number of nitrogens with zero attached hydrogens (tertiary/aromatic N) is 2. The molecule has 0 aliphatic rings. The number of rotatable bonds is 2. The van der Waals surface area contributed by atoms with Gasteiger partial charge in [-0.2, -0.15) is 0 Å². The van der Waals surface area contributed by atoms with Gasteiger partial charge in [0.15, 0.2) is 5.82 Å². The molecule has 0 unspecified atom stereocenters. The molecule has 0 N–H and O–H groups in total. The van der Waals surface area contributed by atoms with Crippen LogP contribution in [-0.2, 0) is 0 Å². The van der Waals surface area contributed by atoms with Crippen LogP contribution in [0.3, 0.4) is 0 Å². The van der Waals surface area contributed by atoms with E-state index in [2.05, 4.69) is 36.8 Å². The molecular formula is C23H12Br2N2O2. The summed E-state index contributed by atoms with van der Waals surface area (Å²) >= 11 is 6.98. The molecule has 0 saturated heterocycles. The fourth-order valence-electron chi connectivity index (χ4n) is 3.29. The smallest absolute Gasteiger partial charge is 0.347 e. The molecule has 0 aliphatic carbocycles. The van der Waals surface area contributed by atoms with Gasteiger partial charge in [0.2, 0.25) is 0 Å². The molecule has 0 saturated carbocycles. The molecule has 0 spiro atoms. The van der Waals surface area contributed by atoms with Crippen LogP contribution in [0.2, 0.25) is 0 Å². The molecule has 0 aliphatic heterocycles. The Labute approximate surface area is 182 Å². The monoisotopic (exact) mass is 506 g/mol. The molecule has 0 atom stereocenters. The van der Waals surface area contributed by atoms with Crippen molar-refractivity contribution >= 4 is 53.7 Å². The minimum atomic E-state index is -0.463. The second kappa shape index (κ2) is 7.21. The van der Waals surface area contributed by atoms with Crippen LogP contribution in [0.25, 0.3) is 44.5 Å². The fraction of sp³-hybridized carbons (Fsp3) is 0. The molecule has 5 aromatic rings. The van der Waals surface area contributed by atoms with Crippen LogP contribution in [0.4, 0.5) is 0 Å². The Bertz CT molecular complexity index is 1450. The van der Waals surface area contributed by atoms with E-state index in [0.29, 0.717) is 17.0 Å². The summed E-state index contributed by atoms with van der Waals surface area (Å²) in [6.07, 6.45) is 0. The molecule has 4 nitrogen and oxygen atoms in total. The van der Waals surface area contributed by atoms with Crippen molar-refractivity contribution in [2.24, 2.45) is 0 Å². The first-order valence-corrected chi connectivity index (χ1v) is 10.4. The van der Waals surface area contributed by atoms with Crippen molar-refractivity contribution in [3.05, 3.63) is 92.2 Å². The van der Waals surface area contributed by atoms with Gasteiger partial charge in [0.05, 0.1) is 11.2 Å². The molecule has 29 heavy (non-hydrogen) atoms. The molecule has 3 aromatic carbocycles. The van der Waals surface area contributed by atoms with E-state index in [4.69, 9.17) is 9.40 Å². The van der Waals surface area contributed by atoms with E-state index in [9.17, 15) is 4.79 Å². The summed E-state index contributed by atoms with van der Waals surface area (Å²) in [4.78, 5) is 22.1. The number of halogens is 2. The van der Waals surface area contributed by atoms with E-state index >= 15 is 0 Å². The third-order valence-electron chi connectivity index (χ3n) is 4.64. The van der Waals surface area contributed by atoms with Crippen molar-refractivity contribution in [2.75, 3.05) is 0 Å². The molecular weight excluding hydrogens is 496 g/mol. The van der Waals surface area contributed by atoms with Crippen molar-refractivity contribution in [2.45, 2.75) is 0 Å². The maximum Gasteiger partial charge on any atom is 0.347 e. The zero-order valence-electron chi connectivity index (χ0n) is 14.9. The lowest BCUT2D eigenvalue weighted by atomic mass is 10.1. The van der Waals surface area contributed by atoms with Crippen LogP contribution >= 0.6 is 31.9 Å². The van der Waals surface area contributed by atoms with Gasteiger partial charge < -0.3 is 4.42 Å². The van der Waals surface area contributed by atoms with Crippen molar-refractivity contribution < 1.29 is 4.42 Å². The zero-order valence-corrected chi connectivity index (χ0v) is 18.1. The molecule has 0 bridgehead atoms. The van der Waals surface area contributed by atoms with Crippen molar-refractivity contribution in [1.29, 1.82) is 0 Å². The average Bonchev–Trinajstić information content (AvgIpc) is 2.73. The SMILES string of the molecule is O=c1oc2ccc(Br)cc2cc1-c1nc(-c2ccccc2)c2cc(Br)ccc2n1. The first-order chi connectivity index (χ1) is 14.1. The van der Waals surface area contributed by atoms with E-state index in [-0.39, 0.29) is 0 Å². The minimum absolute atomic E-state index is 0.331. The predicted molar refractivity (Wildman–Crippen MR) is 122 cm³/mol. The van der Waals surface area contributed by atoms with Gasteiger partial charge in [0.25, 0.3) is 0 Å². The second-order valence-corrected chi connectivity index (χ2v) is 8.38. The first kappa shape index (κ1) is 18.2. The average molecular weight is 508 g/mol. The zero-order chi connectivity index (χ0) is 20.0. The molecule has 2 heterocycles. The highest BCUT2D eigenvalue weighted by atomic mass is 79.9. The Morgan fingerprint density at radius 3 is 2.38 bits per heavy atom. The first-order valence-electron chi connectivity index (χ1n) is 8.85. The Morgan fingerprint density at radius 2 is 1.55 bits per heavy atom. The Hall–Kier alpha value is -2.83. The number of fused-ring (bicyclic) bond motifs is 2. The lowest BCUT2D eigenvalue weighted by molar-refractivity contribution is 0.563. The van der Waals surface area contributed by atoms with Gasteiger partial charge in [-0.3, -0.25) is 0 Å². The third kappa shape index (κ3) is 3.39. The van der Waals surface area contributed by atoms with E-state index in [1.807, 2.05) is 60.7 Å². The number of hydrogen-bond donors (Lipinski definition) is 0. The van der Waals surface area contributed by atoms with Crippen molar-refractivity contribution in [3.63, 3.8) is 0 Å². The predicted octanol–water partition coefficient (Wildman–Crippen LogP) is 6.60. The Kier molecular flexibility index (Phi) is 4.53. The topological polar surface area (TPSA) is 56.0 Å². The number of aromatic nitrogens is 2. The van der Waals surface area contributed by atoms with E-state index in [0.717, 1.165) is 36.5 Å². The Morgan fingerprint density at radius 1 is 0.793 bits per heavy atom. The van der Waals surface area contributed by atoms with Gasteiger partial charge in [-0.05, 0) is 42.5 Å². The summed E-state index contributed by atoms with van der Waals surface area (Å²) in [6, 6.07) is 23.0. The fourth-order valence-corrected chi connectivity index (χ4v) is 4.03. The van der Waals surface area contributed by atoms with Crippen molar-refractivity contribution in [1.82, 2.24) is 9.97 Å². The van der Waals surface area contributed by atoms with Crippen LogP contribution in [0.1, 0.15) is 0 Å². The maximum absolute atomic E-state index is 12.7. The standard InChI is InChI=1S/C23H12Br2N2O2/c24-15-7-9-20-14(10-15)11-18(23(28)29-20)22-26-19-8-6-16(25)12-17(19)21(27-22)13-4-2-1-3-5-13/h1-12H. The van der Waals surface area contributed by atoms with Gasteiger partial charge in [0, 0.05) is 25.3 Å². The van der Waals surface area contributed by atoms with Crippen LogP contribution in [-0.4, -0.2) is 9.97 Å². The molecule has 140 valence electrons. The number of benzene rings is 3. The highest BCUT2D eigenvalue weighted by Crippen LogP contribution is 2.31. The third-order valence-corrected chi connectivity index (χ3v) is 5.63. The summed E-state index contributed by atoms with van der Waals surface area (Å²) in [5, 5.41) is 1.71. The molecule has 6 heteroatoms. The normalized spacial score (nSPS) is 11.2. The van der Waals surface area contributed by atoms with Crippen molar-refractivity contribution in [3.8, 4) is 22.6 Å². The Balaban J connectivity index is 1.82. The van der Waals surface area contributed by atoms with E-state index in [1.54, 1.807) is 12.1 Å². The van der Waals surface area contributed by atoms with E-state index < -0.39 is 5.63 Å². The van der Waals surface area contributed by atoms with Crippen LogP contribution < -0.4 is 5.63 Å². The van der Waals surface area contributed by atoms with Gasteiger partial charge in [-0.25, -0.2) is 14.8 Å². The van der Waals surface area contributed by atoms with Crippen LogP contribution in [0.5, 0.6) is 0 Å². The summed E-state index contributed by atoms with van der Waals surface area (Å²) in [7, 11) is 0. The van der Waals surface area contributed by atoms with Crippen LogP contribution in [0.15, 0.2) is 91.0 Å². The summed E-state index contributed by atoms with van der Waals surface area (Å²) < 4.78 is 7.36. The van der Waals surface area contributed by atoms with Gasteiger partial charge >= 0.3 is 5.63 Å². The summed E-state index contributed by atoms with van der Waals surface area (Å²) in [5.41, 5.74) is 2.86. The van der Waals surface area contributed by atoms with Gasteiger partial charge in [-0.15, -0.1) is 0 Å². The largest absolute Gasteiger partial charge is 0.422 e. The second-order valence-electron chi connectivity index (χ2n) is 6.55. The lowest BCUT2D eigenvalue weighted by Crippen LogP contribution is -2.06. The molecule has 0 radical (unpaired) electrons. The highest BCUT2D eigenvalue weighted by Gasteiger charge is 2.16. The lowest BCUT2D eigenvalue weighted by Gasteiger charge is -2.09.